The minimum absolute atomic E-state index is 0.0360. The summed E-state index contributed by atoms with van der Waals surface area (Å²) in [5.74, 6) is -1.27. The van der Waals surface area contributed by atoms with Gasteiger partial charge in [0.05, 0.1) is 6.61 Å². The van der Waals surface area contributed by atoms with E-state index < -0.39 is 20.4 Å². The van der Waals surface area contributed by atoms with Crippen molar-refractivity contribution in [3.05, 3.63) is 29.3 Å². The topological polar surface area (TPSA) is 9.23 Å². The molecule has 0 N–H and O–H groups in total. The molecule has 0 aliphatic carbocycles. The van der Waals surface area contributed by atoms with Crippen LogP contribution in [0.1, 0.15) is 70.3 Å². The van der Waals surface area contributed by atoms with E-state index in [0.717, 1.165) is 12.8 Å². The molecule has 0 radical (unpaired) electrons. The molecule has 2 rings (SSSR count). The maximum absolute atomic E-state index is 14.3. The van der Waals surface area contributed by atoms with Crippen LogP contribution in [0.25, 0.3) is 0 Å². The van der Waals surface area contributed by atoms with Gasteiger partial charge in [-0.15, -0.1) is 0 Å². The Hall–Kier alpha value is -0.903. The highest BCUT2D eigenvalue weighted by atomic mass is 28.3. The van der Waals surface area contributed by atoms with Crippen LogP contribution in [0, 0.1) is 11.6 Å². The first-order chi connectivity index (χ1) is 11.7. The van der Waals surface area contributed by atoms with E-state index in [1.54, 1.807) is 19.1 Å². The fourth-order valence-corrected chi connectivity index (χ4v) is 7.41. The predicted molar refractivity (Wildman–Crippen MR) is 99.8 cm³/mol. The maximum Gasteiger partial charge on any atom is 0.200 e. The lowest BCUT2D eigenvalue weighted by molar-refractivity contribution is 0.312. The van der Waals surface area contributed by atoms with Crippen molar-refractivity contribution in [1.29, 1.82) is 0 Å². The summed E-state index contributed by atoms with van der Waals surface area (Å²) < 4.78 is 33.5. The van der Waals surface area contributed by atoms with Crippen LogP contribution in [-0.2, 0) is 0 Å². The molecule has 1 aromatic rings. The molecule has 0 amide bonds. The number of rotatable bonds is 9. The van der Waals surface area contributed by atoms with Crippen molar-refractivity contribution in [2.45, 2.75) is 82.8 Å². The number of hydrogen-bond donors (Lipinski definition) is 0. The van der Waals surface area contributed by atoms with Crippen LogP contribution in [0.3, 0.4) is 0 Å². The minimum atomic E-state index is -0.815. The molecule has 0 bridgehead atoms. The average molecular weight is 355 g/mol. The van der Waals surface area contributed by atoms with Gasteiger partial charge in [-0.3, -0.25) is 0 Å². The third kappa shape index (κ3) is 5.30. The molecule has 24 heavy (non-hydrogen) atoms. The molecule has 1 heterocycles. The van der Waals surface area contributed by atoms with Gasteiger partial charge in [-0.1, -0.05) is 63.2 Å². The fraction of sp³-hybridized carbons (Fsp3) is 0.700. The predicted octanol–water partition coefficient (Wildman–Crippen LogP) is 6.44. The number of unbranched alkanes of at least 4 members (excludes halogenated alkanes) is 4. The average Bonchev–Trinajstić information content (AvgIpc) is 2.60. The van der Waals surface area contributed by atoms with E-state index in [1.807, 2.05) is 0 Å². The van der Waals surface area contributed by atoms with E-state index in [4.69, 9.17) is 4.74 Å². The van der Waals surface area contributed by atoms with Gasteiger partial charge in [0.15, 0.2) is 11.6 Å². The number of hydrogen-bond acceptors (Lipinski definition) is 1. The largest absolute Gasteiger partial charge is 0.491 e. The third-order valence-corrected chi connectivity index (χ3v) is 8.90. The fourth-order valence-electron chi connectivity index (χ4n) is 3.93. The lowest BCUT2D eigenvalue weighted by atomic mass is 9.92. The smallest absolute Gasteiger partial charge is 0.200 e. The molecule has 1 aromatic carbocycles. The molecule has 1 aliphatic rings. The van der Waals surface area contributed by atoms with Crippen molar-refractivity contribution in [3.63, 3.8) is 0 Å². The number of halogens is 2. The molecule has 0 spiro atoms. The highest BCUT2D eigenvalue weighted by molar-refractivity contribution is 6.59. The summed E-state index contributed by atoms with van der Waals surface area (Å²) in [5, 5.41) is 0. The second-order valence-electron chi connectivity index (χ2n) is 7.13. The van der Waals surface area contributed by atoms with Crippen LogP contribution in [0.5, 0.6) is 5.75 Å². The van der Waals surface area contributed by atoms with Gasteiger partial charge in [0.1, 0.15) is 0 Å². The molecule has 1 nitrogen and oxygen atoms in total. The zero-order valence-electron chi connectivity index (χ0n) is 15.3. The quantitative estimate of drug-likeness (QED) is 0.366. The van der Waals surface area contributed by atoms with Crippen molar-refractivity contribution in [1.82, 2.24) is 0 Å². The summed E-state index contributed by atoms with van der Waals surface area (Å²) >= 11 is 0. The van der Waals surface area contributed by atoms with Gasteiger partial charge in [-0.25, -0.2) is 4.39 Å². The van der Waals surface area contributed by atoms with Gasteiger partial charge in [0.2, 0.25) is 5.82 Å². The molecule has 1 aliphatic heterocycles. The first kappa shape index (κ1) is 19.4. The molecule has 136 valence electrons. The molecular formula is C20H32F2OSi. The van der Waals surface area contributed by atoms with Gasteiger partial charge in [0.25, 0.3) is 0 Å². The number of ether oxygens (including phenoxy) is 1. The van der Waals surface area contributed by atoms with Crippen LogP contribution < -0.4 is 4.74 Å². The molecule has 0 aromatic heterocycles. The van der Waals surface area contributed by atoms with Crippen LogP contribution in [0.4, 0.5) is 8.78 Å². The van der Waals surface area contributed by atoms with Crippen LogP contribution in [0.15, 0.2) is 12.1 Å². The highest BCUT2D eigenvalue weighted by Crippen LogP contribution is 2.38. The lowest BCUT2D eigenvalue weighted by Gasteiger charge is -2.28. The summed E-state index contributed by atoms with van der Waals surface area (Å²) in [6.45, 7) is 4.38. The van der Waals surface area contributed by atoms with E-state index in [0.29, 0.717) is 12.2 Å². The van der Waals surface area contributed by atoms with E-state index in [1.165, 1.54) is 50.2 Å². The standard InChI is InChI=1S/C20H32F2OSi/c1-3-5-6-7-8-13-24-14-11-16(12-15-24)17-9-10-18(23-4-2)20(22)19(17)21/h9-10,16,24H,3-8,11-15H2,1-2H3. The summed E-state index contributed by atoms with van der Waals surface area (Å²) in [5.41, 5.74) is 0.561. The SMILES string of the molecule is CCCCCCC[SiH]1CCC(c2ccc(OCC)c(F)c2F)CC1. The van der Waals surface area contributed by atoms with Crippen molar-refractivity contribution in [2.24, 2.45) is 0 Å². The summed E-state index contributed by atoms with van der Waals surface area (Å²) in [7, 11) is -0.630. The van der Waals surface area contributed by atoms with Crippen molar-refractivity contribution >= 4 is 8.80 Å². The number of benzene rings is 1. The monoisotopic (exact) mass is 354 g/mol. The first-order valence-corrected chi connectivity index (χ1v) is 12.2. The van der Waals surface area contributed by atoms with Crippen molar-refractivity contribution in [3.8, 4) is 5.75 Å². The highest BCUT2D eigenvalue weighted by Gasteiger charge is 2.27. The molecule has 1 saturated heterocycles. The Kier molecular flexibility index (Phi) is 8.23. The molecule has 0 saturated carbocycles. The second-order valence-corrected chi connectivity index (χ2v) is 10.6. The molecule has 1 fully saturated rings. The first-order valence-electron chi connectivity index (χ1n) is 9.78. The van der Waals surface area contributed by atoms with Gasteiger partial charge in [-0.05, 0) is 37.3 Å². The Balaban J connectivity index is 1.83. The summed E-state index contributed by atoms with van der Waals surface area (Å²) in [6.07, 6.45) is 8.86. The van der Waals surface area contributed by atoms with Crippen LogP contribution >= 0.6 is 0 Å². The molecular weight excluding hydrogens is 322 g/mol. The Morgan fingerprint density at radius 3 is 2.38 bits per heavy atom. The van der Waals surface area contributed by atoms with Gasteiger partial charge >= 0.3 is 0 Å². The van der Waals surface area contributed by atoms with E-state index in [2.05, 4.69) is 6.92 Å². The van der Waals surface area contributed by atoms with Crippen molar-refractivity contribution < 1.29 is 13.5 Å². The van der Waals surface area contributed by atoms with Crippen LogP contribution in [0.2, 0.25) is 18.1 Å². The van der Waals surface area contributed by atoms with Crippen LogP contribution in [-0.4, -0.2) is 15.4 Å². The molecule has 0 unspecified atom stereocenters. The second kappa shape index (κ2) is 10.2. The Morgan fingerprint density at radius 1 is 1.00 bits per heavy atom. The van der Waals surface area contributed by atoms with Gasteiger partial charge in [-0.2, -0.15) is 4.39 Å². The van der Waals surface area contributed by atoms with E-state index in [9.17, 15) is 8.78 Å². The molecule has 4 heteroatoms. The maximum atomic E-state index is 14.3. The lowest BCUT2D eigenvalue weighted by Crippen LogP contribution is -2.21. The van der Waals surface area contributed by atoms with Gasteiger partial charge < -0.3 is 4.74 Å². The van der Waals surface area contributed by atoms with E-state index >= 15 is 0 Å². The summed E-state index contributed by atoms with van der Waals surface area (Å²) in [4.78, 5) is 0. The van der Waals surface area contributed by atoms with E-state index in [-0.39, 0.29) is 11.7 Å². The Bertz CT molecular complexity index is 499. The normalized spacial score (nSPS) is 21.0. The Labute approximate surface area is 147 Å². The Morgan fingerprint density at radius 2 is 1.71 bits per heavy atom. The van der Waals surface area contributed by atoms with Gasteiger partial charge in [0, 0.05) is 8.80 Å². The third-order valence-electron chi connectivity index (χ3n) is 5.38. The zero-order valence-corrected chi connectivity index (χ0v) is 16.4. The summed E-state index contributed by atoms with van der Waals surface area (Å²) in [6, 6.07) is 7.34. The zero-order chi connectivity index (χ0) is 17.4. The minimum Gasteiger partial charge on any atom is -0.491 e. The molecule has 0 atom stereocenters. The van der Waals surface area contributed by atoms with Crippen molar-refractivity contribution in [2.75, 3.05) is 6.61 Å².